The van der Waals surface area contributed by atoms with Gasteiger partial charge >= 0.3 is 0 Å². The normalized spacial score (nSPS) is 12.1. The van der Waals surface area contributed by atoms with E-state index in [-0.39, 0.29) is 11.7 Å². The molecule has 104 valence electrons. The molecule has 1 atom stereocenters. The molecule has 4 nitrogen and oxygen atoms in total. The van der Waals surface area contributed by atoms with E-state index < -0.39 is 4.92 Å². The lowest BCUT2D eigenvalue weighted by molar-refractivity contribution is -0.385. The first-order valence-corrected chi connectivity index (χ1v) is 6.67. The van der Waals surface area contributed by atoms with Gasteiger partial charge in [0.25, 0.3) is 5.69 Å². The van der Waals surface area contributed by atoms with E-state index in [0.29, 0.717) is 17.1 Å². The van der Waals surface area contributed by atoms with Crippen molar-refractivity contribution in [3.63, 3.8) is 0 Å². The van der Waals surface area contributed by atoms with E-state index in [9.17, 15) is 10.1 Å². The van der Waals surface area contributed by atoms with Crippen molar-refractivity contribution in [1.82, 2.24) is 5.32 Å². The van der Waals surface area contributed by atoms with Crippen molar-refractivity contribution in [2.24, 2.45) is 0 Å². The Morgan fingerprint density at radius 1 is 1.25 bits per heavy atom. The number of benzene rings is 2. The Hall–Kier alpha value is -1.91. The topological polar surface area (TPSA) is 55.2 Å². The number of nitro benzene ring substituents is 1. The van der Waals surface area contributed by atoms with Gasteiger partial charge in [0, 0.05) is 29.2 Å². The van der Waals surface area contributed by atoms with Crippen LogP contribution in [0.3, 0.4) is 0 Å². The highest BCUT2D eigenvalue weighted by Crippen LogP contribution is 2.24. The van der Waals surface area contributed by atoms with Crippen molar-refractivity contribution in [3.05, 3.63) is 74.8 Å². The summed E-state index contributed by atoms with van der Waals surface area (Å²) in [4.78, 5) is 10.6. The molecule has 0 aliphatic carbocycles. The molecule has 0 aliphatic heterocycles. The molecular formula is C15H15ClN2O2. The van der Waals surface area contributed by atoms with Gasteiger partial charge in [-0.1, -0.05) is 41.9 Å². The van der Waals surface area contributed by atoms with Gasteiger partial charge in [-0.25, -0.2) is 0 Å². The third-order valence-electron chi connectivity index (χ3n) is 3.14. The van der Waals surface area contributed by atoms with Crippen LogP contribution in [-0.2, 0) is 6.54 Å². The second-order valence-corrected chi connectivity index (χ2v) is 4.98. The highest BCUT2D eigenvalue weighted by atomic mass is 35.5. The molecule has 0 amide bonds. The predicted octanol–water partition coefficient (Wildman–Crippen LogP) is 4.10. The average molecular weight is 291 g/mol. The third kappa shape index (κ3) is 3.56. The first-order chi connectivity index (χ1) is 9.58. The summed E-state index contributed by atoms with van der Waals surface area (Å²) in [6, 6.07) is 14.8. The molecule has 20 heavy (non-hydrogen) atoms. The summed E-state index contributed by atoms with van der Waals surface area (Å²) in [5.74, 6) is 0. The van der Waals surface area contributed by atoms with E-state index in [1.807, 2.05) is 37.3 Å². The lowest BCUT2D eigenvalue weighted by Crippen LogP contribution is -2.18. The van der Waals surface area contributed by atoms with Crippen LogP contribution in [0.5, 0.6) is 0 Å². The summed E-state index contributed by atoms with van der Waals surface area (Å²) in [6.07, 6.45) is 0. The molecule has 0 spiro atoms. The fraction of sp³-hybridized carbons (Fsp3) is 0.200. The lowest BCUT2D eigenvalue weighted by Gasteiger charge is -2.14. The van der Waals surface area contributed by atoms with Crippen LogP contribution in [-0.4, -0.2) is 4.92 Å². The lowest BCUT2D eigenvalue weighted by atomic mass is 10.1. The summed E-state index contributed by atoms with van der Waals surface area (Å²) >= 11 is 5.79. The molecule has 0 radical (unpaired) electrons. The molecule has 5 heteroatoms. The Balaban J connectivity index is 2.09. The fourth-order valence-corrected chi connectivity index (χ4v) is 2.15. The number of hydrogen-bond acceptors (Lipinski definition) is 3. The average Bonchev–Trinajstić information content (AvgIpc) is 2.46. The maximum absolute atomic E-state index is 11.0. The van der Waals surface area contributed by atoms with Crippen LogP contribution in [0, 0.1) is 10.1 Å². The Labute approximate surface area is 122 Å². The van der Waals surface area contributed by atoms with Gasteiger partial charge in [0.1, 0.15) is 0 Å². The minimum Gasteiger partial charge on any atom is -0.306 e. The molecule has 2 rings (SSSR count). The number of halogens is 1. The highest BCUT2D eigenvalue weighted by Gasteiger charge is 2.15. The van der Waals surface area contributed by atoms with Crippen LogP contribution >= 0.6 is 11.6 Å². The quantitative estimate of drug-likeness (QED) is 0.666. The molecule has 0 saturated heterocycles. The van der Waals surface area contributed by atoms with Gasteiger partial charge in [0.05, 0.1) is 4.92 Å². The first kappa shape index (κ1) is 14.5. The number of nitro groups is 1. The monoisotopic (exact) mass is 290 g/mol. The van der Waals surface area contributed by atoms with E-state index in [4.69, 9.17) is 11.6 Å². The Morgan fingerprint density at radius 2 is 1.95 bits per heavy atom. The number of hydrogen-bond donors (Lipinski definition) is 1. The Kier molecular flexibility index (Phi) is 4.71. The van der Waals surface area contributed by atoms with Crippen molar-refractivity contribution >= 4 is 17.3 Å². The second kappa shape index (κ2) is 6.50. The molecule has 0 fully saturated rings. The predicted molar refractivity (Wildman–Crippen MR) is 79.8 cm³/mol. The fourth-order valence-electron chi connectivity index (χ4n) is 1.98. The van der Waals surface area contributed by atoms with Gasteiger partial charge < -0.3 is 5.32 Å². The van der Waals surface area contributed by atoms with E-state index in [2.05, 4.69) is 5.32 Å². The zero-order chi connectivity index (χ0) is 14.5. The van der Waals surface area contributed by atoms with Gasteiger partial charge in [-0.05, 0) is 24.6 Å². The summed E-state index contributed by atoms with van der Waals surface area (Å²) in [6.45, 7) is 2.45. The molecular weight excluding hydrogens is 276 g/mol. The largest absolute Gasteiger partial charge is 0.306 e. The summed E-state index contributed by atoms with van der Waals surface area (Å²) < 4.78 is 0. The van der Waals surface area contributed by atoms with Gasteiger partial charge in [-0.15, -0.1) is 0 Å². The highest BCUT2D eigenvalue weighted by molar-refractivity contribution is 6.30. The van der Waals surface area contributed by atoms with Gasteiger partial charge in [-0.3, -0.25) is 10.1 Å². The Morgan fingerprint density at radius 3 is 2.60 bits per heavy atom. The summed E-state index contributed by atoms with van der Waals surface area (Å²) in [7, 11) is 0. The van der Waals surface area contributed by atoms with E-state index >= 15 is 0 Å². The van der Waals surface area contributed by atoms with E-state index in [1.54, 1.807) is 12.1 Å². The zero-order valence-corrected chi connectivity index (χ0v) is 11.8. The van der Waals surface area contributed by atoms with Crippen LogP contribution in [0.15, 0.2) is 48.5 Å². The second-order valence-electron chi connectivity index (χ2n) is 4.54. The van der Waals surface area contributed by atoms with Gasteiger partial charge in [0.2, 0.25) is 0 Å². The van der Waals surface area contributed by atoms with Crippen LogP contribution < -0.4 is 5.32 Å². The molecule has 2 aromatic carbocycles. The number of rotatable bonds is 5. The zero-order valence-electron chi connectivity index (χ0n) is 11.0. The smallest absolute Gasteiger partial charge is 0.275 e. The van der Waals surface area contributed by atoms with Crippen molar-refractivity contribution in [2.75, 3.05) is 0 Å². The number of nitrogens with one attached hydrogen (secondary N) is 1. The Bertz CT molecular complexity index is 602. The molecule has 0 bridgehead atoms. The van der Waals surface area contributed by atoms with E-state index in [0.717, 1.165) is 5.56 Å². The molecule has 1 N–H and O–H groups in total. The minimum absolute atomic E-state index is 0.0465. The summed E-state index contributed by atoms with van der Waals surface area (Å²) in [5, 5.41) is 14.7. The first-order valence-electron chi connectivity index (χ1n) is 6.29. The van der Waals surface area contributed by atoms with Crippen molar-refractivity contribution < 1.29 is 4.92 Å². The molecule has 0 aliphatic rings. The molecule has 2 aromatic rings. The molecule has 0 heterocycles. The molecule has 0 saturated carbocycles. The molecule has 0 unspecified atom stereocenters. The number of nitrogens with zero attached hydrogens (tertiary/aromatic N) is 1. The van der Waals surface area contributed by atoms with Crippen molar-refractivity contribution in [3.8, 4) is 0 Å². The standard InChI is InChI=1S/C15H15ClN2O2/c1-11(12-5-3-2-4-6-12)17-10-13-7-8-14(16)9-15(13)18(19)20/h2-9,11,17H,10H2,1H3/t11-/m0/s1. The molecule has 0 aromatic heterocycles. The SMILES string of the molecule is C[C@H](NCc1ccc(Cl)cc1[N+](=O)[O-])c1ccccc1. The van der Waals surface area contributed by atoms with Gasteiger partial charge in [0.15, 0.2) is 0 Å². The van der Waals surface area contributed by atoms with Crippen LogP contribution in [0.2, 0.25) is 5.02 Å². The van der Waals surface area contributed by atoms with Crippen LogP contribution in [0.25, 0.3) is 0 Å². The van der Waals surface area contributed by atoms with E-state index in [1.165, 1.54) is 6.07 Å². The van der Waals surface area contributed by atoms with Crippen LogP contribution in [0.1, 0.15) is 24.1 Å². The minimum atomic E-state index is -0.407. The van der Waals surface area contributed by atoms with Crippen molar-refractivity contribution in [2.45, 2.75) is 19.5 Å². The summed E-state index contributed by atoms with van der Waals surface area (Å²) in [5.41, 5.74) is 1.82. The maximum Gasteiger partial charge on any atom is 0.275 e. The maximum atomic E-state index is 11.0. The van der Waals surface area contributed by atoms with Crippen molar-refractivity contribution in [1.29, 1.82) is 0 Å². The van der Waals surface area contributed by atoms with Gasteiger partial charge in [-0.2, -0.15) is 0 Å². The van der Waals surface area contributed by atoms with Crippen LogP contribution in [0.4, 0.5) is 5.69 Å². The third-order valence-corrected chi connectivity index (χ3v) is 3.38.